The van der Waals surface area contributed by atoms with Gasteiger partial charge in [-0.25, -0.2) is 0 Å². The van der Waals surface area contributed by atoms with Crippen molar-refractivity contribution in [1.29, 1.82) is 0 Å². The van der Waals surface area contributed by atoms with E-state index in [9.17, 15) is 0 Å². The second-order valence-electron chi connectivity index (χ2n) is 7.76. The molecule has 1 heterocycles. The van der Waals surface area contributed by atoms with Gasteiger partial charge >= 0.3 is 0 Å². The minimum absolute atomic E-state index is 0.0165. The summed E-state index contributed by atoms with van der Waals surface area (Å²) in [6.07, 6.45) is 8.56. The predicted molar refractivity (Wildman–Crippen MR) is 92.6 cm³/mol. The van der Waals surface area contributed by atoms with Crippen molar-refractivity contribution in [1.82, 2.24) is 5.32 Å². The second kappa shape index (κ2) is 6.17. The average Bonchev–Trinajstić information content (AvgIpc) is 2.45. The van der Waals surface area contributed by atoms with Crippen LogP contribution in [0.25, 0.3) is 6.08 Å². The third-order valence-electron chi connectivity index (χ3n) is 5.36. The maximum absolute atomic E-state index is 6.34. The molecule has 4 atom stereocenters. The van der Waals surface area contributed by atoms with Crippen LogP contribution in [0.3, 0.4) is 0 Å². The molecule has 0 unspecified atom stereocenters. The Balaban J connectivity index is 1.71. The van der Waals surface area contributed by atoms with Crippen LogP contribution < -0.4 is 5.32 Å². The fourth-order valence-electron chi connectivity index (χ4n) is 3.97. The largest absolute Gasteiger partial charge is 0.356 e. The molecular weight excluding hydrogens is 270 g/mol. The Morgan fingerprint density at radius 1 is 1.18 bits per heavy atom. The highest BCUT2D eigenvalue weighted by Crippen LogP contribution is 2.40. The Kier molecular flexibility index (Phi) is 4.42. The molecule has 2 nitrogen and oxygen atoms in total. The van der Waals surface area contributed by atoms with Gasteiger partial charge in [0.25, 0.3) is 0 Å². The summed E-state index contributed by atoms with van der Waals surface area (Å²) in [6, 6.07) is 8.62. The lowest BCUT2D eigenvalue weighted by Gasteiger charge is -2.51. The van der Waals surface area contributed by atoms with Crippen molar-refractivity contribution in [3.05, 3.63) is 41.5 Å². The molecule has 0 spiro atoms. The first kappa shape index (κ1) is 15.8. The molecule has 120 valence electrons. The third kappa shape index (κ3) is 3.44. The summed E-state index contributed by atoms with van der Waals surface area (Å²) in [5.41, 5.74) is 2.67. The number of aryl methyl sites for hydroxylation is 1. The Morgan fingerprint density at radius 3 is 2.64 bits per heavy atom. The third-order valence-corrected chi connectivity index (χ3v) is 5.36. The van der Waals surface area contributed by atoms with E-state index in [-0.39, 0.29) is 11.8 Å². The number of hydrogen-bond acceptors (Lipinski definition) is 2. The van der Waals surface area contributed by atoms with Gasteiger partial charge in [-0.2, -0.15) is 0 Å². The molecule has 3 rings (SSSR count). The van der Waals surface area contributed by atoms with Crippen molar-refractivity contribution in [2.75, 3.05) is 0 Å². The number of nitrogens with one attached hydrogen (secondary N) is 1. The number of rotatable bonds is 2. The summed E-state index contributed by atoms with van der Waals surface area (Å²) < 4.78 is 6.34. The molecule has 1 aliphatic carbocycles. The van der Waals surface area contributed by atoms with Gasteiger partial charge in [-0.1, -0.05) is 49.2 Å². The van der Waals surface area contributed by atoms with Gasteiger partial charge in [0.2, 0.25) is 0 Å². The summed E-state index contributed by atoms with van der Waals surface area (Å²) in [6.45, 7) is 9.13. The van der Waals surface area contributed by atoms with E-state index >= 15 is 0 Å². The topological polar surface area (TPSA) is 21.3 Å². The van der Waals surface area contributed by atoms with E-state index in [4.69, 9.17) is 4.74 Å². The maximum atomic E-state index is 6.34. The van der Waals surface area contributed by atoms with Gasteiger partial charge in [-0.15, -0.1) is 0 Å². The normalized spacial score (nSPS) is 34.5. The number of ether oxygens (including phenoxy) is 1. The first-order valence-electron chi connectivity index (χ1n) is 8.62. The molecule has 1 aromatic carbocycles. The summed E-state index contributed by atoms with van der Waals surface area (Å²) in [4.78, 5) is 0. The lowest BCUT2D eigenvalue weighted by molar-refractivity contribution is -0.136. The minimum atomic E-state index is 0.0165. The molecule has 0 amide bonds. The number of fused-ring (bicyclic) bond motifs is 1. The smallest absolute Gasteiger partial charge is 0.128 e. The van der Waals surface area contributed by atoms with Gasteiger partial charge in [0.15, 0.2) is 0 Å². The molecule has 1 aliphatic heterocycles. The molecule has 1 saturated heterocycles. The number of benzene rings is 1. The molecule has 0 bridgehead atoms. The van der Waals surface area contributed by atoms with Crippen LogP contribution in [-0.2, 0) is 4.74 Å². The Labute approximate surface area is 135 Å². The molecule has 2 heteroatoms. The van der Waals surface area contributed by atoms with Gasteiger partial charge in [-0.05, 0) is 51.2 Å². The molecule has 0 aromatic heterocycles. The first-order chi connectivity index (χ1) is 10.4. The lowest BCUT2D eigenvalue weighted by Crippen LogP contribution is -2.62. The summed E-state index contributed by atoms with van der Waals surface area (Å²) in [7, 11) is 0. The van der Waals surface area contributed by atoms with Crippen LogP contribution in [0.5, 0.6) is 0 Å². The average molecular weight is 299 g/mol. The van der Waals surface area contributed by atoms with E-state index < -0.39 is 0 Å². The van der Waals surface area contributed by atoms with Crippen LogP contribution in [0.4, 0.5) is 0 Å². The molecule has 1 saturated carbocycles. The van der Waals surface area contributed by atoms with Crippen molar-refractivity contribution in [3.63, 3.8) is 0 Å². The van der Waals surface area contributed by atoms with Crippen molar-refractivity contribution in [2.24, 2.45) is 11.8 Å². The molecule has 2 aliphatic rings. The van der Waals surface area contributed by atoms with Crippen LogP contribution in [0.2, 0.25) is 0 Å². The highest BCUT2D eigenvalue weighted by atomic mass is 16.5. The van der Waals surface area contributed by atoms with E-state index in [2.05, 4.69) is 69.4 Å². The quantitative estimate of drug-likeness (QED) is 0.866. The molecule has 1 N–H and O–H groups in total. The van der Waals surface area contributed by atoms with Crippen LogP contribution >= 0.6 is 0 Å². The Morgan fingerprint density at radius 2 is 1.91 bits per heavy atom. The van der Waals surface area contributed by atoms with E-state index in [1.165, 1.54) is 30.4 Å². The van der Waals surface area contributed by atoms with Gasteiger partial charge in [0.05, 0.1) is 6.10 Å². The fourth-order valence-corrected chi connectivity index (χ4v) is 3.97. The van der Waals surface area contributed by atoms with Gasteiger partial charge in [-0.3, -0.25) is 5.32 Å². The second-order valence-corrected chi connectivity index (χ2v) is 7.76. The van der Waals surface area contributed by atoms with E-state index in [1.54, 1.807) is 0 Å². The molecule has 2 fully saturated rings. The fraction of sp³-hybridized carbons (Fsp3) is 0.600. The van der Waals surface area contributed by atoms with E-state index in [0.717, 1.165) is 5.92 Å². The highest BCUT2D eigenvalue weighted by molar-refractivity contribution is 5.50. The highest BCUT2D eigenvalue weighted by Gasteiger charge is 2.44. The molecule has 22 heavy (non-hydrogen) atoms. The van der Waals surface area contributed by atoms with E-state index in [0.29, 0.717) is 12.0 Å². The van der Waals surface area contributed by atoms with Crippen molar-refractivity contribution in [2.45, 2.75) is 64.8 Å². The van der Waals surface area contributed by atoms with Gasteiger partial charge in [0.1, 0.15) is 6.23 Å². The summed E-state index contributed by atoms with van der Waals surface area (Å²) >= 11 is 0. The first-order valence-corrected chi connectivity index (χ1v) is 8.62. The maximum Gasteiger partial charge on any atom is 0.128 e. The zero-order valence-corrected chi connectivity index (χ0v) is 14.3. The van der Waals surface area contributed by atoms with Crippen LogP contribution in [-0.4, -0.2) is 17.9 Å². The van der Waals surface area contributed by atoms with E-state index in [1.807, 2.05) is 0 Å². The zero-order chi connectivity index (χ0) is 15.7. The SMILES string of the molecule is Cc1ccc(/C=C/[C@H]2NC(C)(C)[C@@H]3CC[C@@H](C)C[C@H]3O2)cc1. The predicted octanol–water partition coefficient (Wildman–Crippen LogP) is 4.54. The summed E-state index contributed by atoms with van der Waals surface area (Å²) in [5, 5.41) is 3.68. The van der Waals surface area contributed by atoms with Gasteiger partial charge in [0, 0.05) is 11.5 Å². The Hall–Kier alpha value is -1.12. The van der Waals surface area contributed by atoms with Crippen LogP contribution in [0.15, 0.2) is 30.3 Å². The molecule has 1 aromatic rings. The summed E-state index contributed by atoms with van der Waals surface area (Å²) in [5.74, 6) is 1.42. The zero-order valence-electron chi connectivity index (χ0n) is 14.3. The molecule has 0 radical (unpaired) electrons. The Bertz CT molecular complexity index is 531. The minimum Gasteiger partial charge on any atom is -0.356 e. The van der Waals surface area contributed by atoms with Crippen LogP contribution in [0, 0.1) is 18.8 Å². The van der Waals surface area contributed by atoms with Crippen molar-refractivity contribution >= 4 is 6.08 Å². The van der Waals surface area contributed by atoms with Crippen molar-refractivity contribution in [3.8, 4) is 0 Å². The van der Waals surface area contributed by atoms with Crippen molar-refractivity contribution < 1.29 is 4.74 Å². The number of hydrogen-bond donors (Lipinski definition) is 1. The molecular formula is C20H29NO. The van der Waals surface area contributed by atoms with Gasteiger partial charge < -0.3 is 4.74 Å². The lowest BCUT2D eigenvalue weighted by atomic mass is 9.70. The standard InChI is InChI=1S/C20H29NO/c1-14-5-8-16(9-6-14)10-12-19-21-20(3,4)17-11-7-15(2)13-18(17)22-19/h5-6,8-10,12,15,17-19,21H,7,11,13H2,1-4H3/b12-10+/t15-,17-,18-,19+/m1/s1. The monoisotopic (exact) mass is 299 g/mol. The van der Waals surface area contributed by atoms with Crippen LogP contribution in [0.1, 0.15) is 51.2 Å².